The predicted molar refractivity (Wildman–Crippen MR) is 53.1 cm³/mol. The lowest BCUT2D eigenvalue weighted by Gasteiger charge is -2.01. The Hall–Kier alpha value is -1.76. The second kappa shape index (κ2) is 4.01. The molecule has 0 aromatic carbocycles. The highest BCUT2D eigenvalue weighted by Gasteiger charge is 2.32. The van der Waals surface area contributed by atoms with Crippen molar-refractivity contribution in [1.82, 2.24) is 5.32 Å². The van der Waals surface area contributed by atoms with E-state index in [4.69, 9.17) is 9.52 Å². The quantitative estimate of drug-likeness (QED) is 0.747. The van der Waals surface area contributed by atoms with E-state index >= 15 is 0 Å². The number of carbonyl (C=O) groups is 3. The minimum atomic E-state index is -1.17. The number of amides is 2. The number of aromatic carboxylic acids is 1. The smallest absolute Gasteiger partial charge is 0.371 e. The van der Waals surface area contributed by atoms with Crippen LogP contribution in [-0.2, 0) is 9.59 Å². The molecule has 0 saturated carbocycles. The third kappa shape index (κ3) is 2.08. The second-order valence-corrected chi connectivity index (χ2v) is 4.35. The molecule has 6 nitrogen and oxygen atoms in total. The lowest BCUT2D eigenvalue weighted by molar-refractivity contribution is -0.124. The molecule has 1 saturated heterocycles. The maximum atomic E-state index is 11.2. The molecular formula is C9H7NO5S. The van der Waals surface area contributed by atoms with Gasteiger partial charge in [0.25, 0.3) is 0 Å². The van der Waals surface area contributed by atoms with E-state index in [2.05, 4.69) is 5.32 Å². The maximum absolute atomic E-state index is 11.2. The minimum absolute atomic E-state index is 0.0899. The number of carboxylic acids is 1. The summed E-state index contributed by atoms with van der Waals surface area (Å²) < 4.78 is 4.96. The van der Waals surface area contributed by atoms with E-state index in [9.17, 15) is 14.4 Å². The fraction of sp³-hybridized carbons (Fsp3) is 0.222. The molecule has 84 valence electrons. The molecular weight excluding hydrogens is 234 g/mol. The van der Waals surface area contributed by atoms with Gasteiger partial charge in [0.15, 0.2) is 5.09 Å². The number of imide groups is 1. The number of carboxylic acid groups (broad SMARTS) is 1. The van der Waals surface area contributed by atoms with E-state index in [-0.39, 0.29) is 24.0 Å². The van der Waals surface area contributed by atoms with Gasteiger partial charge in [0, 0.05) is 6.42 Å². The fourth-order valence-corrected chi connectivity index (χ4v) is 2.23. The van der Waals surface area contributed by atoms with Gasteiger partial charge in [-0.1, -0.05) is 11.8 Å². The van der Waals surface area contributed by atoms with Crippen LogP contribution in [0.4, 0.5) is 0 Å². The van der Waals surface area contributed by atoms with Crippen LogP contribution < -0.4 is 5.32 Å². The molecule has 1 aromatic heterocycles. The topological polar surface area (TPSA) is 96.6 Å². The summed E-state index contributed by atoms with van der Waals surface area (Å²) in [4.78, 5) is 32.6. The highest BCUT2D eigenvalue weighted by atomic mass is 32.2. The molecule has 1 atom stereocenters. The van der Waals surface area contributed by atoms with Crippen LogP contribution in [0.5, 0.6) is 0 Å². The molecule has 2 amide bonds. The molecule has 1 aliphatic heterocycles. The molecule has 1 fully saturated rings. The highest BCUT2D eigenvalue weighted by Crippen LogP contribution is 2.29. The first-order chi connectivity index (χ1) is 7.56. The number of rotatable bonds is 3. The Morgan fingerprint density at radius 2 is 2.25 bits per heavy atom. The van der Waals surface area contributed by atoms with Crippen molar-refractivity contribution in [3.63, 3.8) is 0 Å². The Kier molecular flexibility index (Phi) is 2.69. The summed E-state index contributed by atoms with van der Waals surface area (Å²) in [7, 11) is 0. The third-order valence-corrected chi connectivity index (χ3v) is 3.09. The van der Waals surface area contributed by atoms with Gasteiger partial charge in [0.1, 0.15) is 5.25 Å². The van der Waals surface area contributed by atoms with Gasteiger partial charge in [0.2, 0.25) is 17.6 Å². The largest absolute Gasteiger partial charge is 0.475 e. The van der Waals surface area contributed by atoms with Crippen LogP contribution in [0.15, 0.2) is 21.6 Å². The summed E-state index contributed by atoms with van der Waals surface area (Å²) in [5.74, 6) is -2.05. The first kappa shape index (κ1) is 10.7. The summed E-state index contributed by atoms with van der Waals surface area (Å²) in [6.45, 7) is 0. The third-order valence-electron chi connectivity index (χ3n) is 1.98. The van der Waals surface area contributed by atoms with Crippen molar-refractivity contribution in [2.75, 3.05) is 0 Å². The van der Waals surface area contributed by atoms with Crippen LogP contribution in [0.3, 0.4) is 0 Å². The van der Waals surface area contributed by atoms with Gasteiger partial charge < -0.3 is 9.52 Å². The normalized spacial score (nSPS) is 19.9. The molecule has 0 radical (unpaired) electrons. The zero-order valence-electron chi connectivity index (χ0n) is 7.93. The summed E-state index contributed by atoms with van der Waals surface area (Å²) in [5, 5.41) is 10.5. The lowest BCUT2D eigenvalue weighted by Crippen LogP contribution is -2.22. The van der Waals surface area contributed by atoms with Crippen LogP contribution in [0, 0.1) is 0 Å². The second-order valence-electron chi connectivity index (χ2n) is 3.15. The van der Waals surface area contributed by atoms with Gasteiger partial charge in [-0.15, -0.1) is 0 Å². The lowest BCUT2D eigenvalue weighted by atomic mass is 10.4. The fourth-order valence-electron chi connectivity index (χ4n) is 1.26. The summed E-state index contributed by atoms with van der Waals surface area (Å²) in [6.07, 6.45) is 0.0899. The van der Waals surface area contributed by atoms with Crippen molar-refractivity contribution in [2.45, 2.75) is 16.8 Å². The van der Waals surface area contributed by atoms with Gasteiger partial charge in [-0.3, -0.25) is 14.9 Å². The molecule has 2 N–H and O–H groups in total. The number of furan rings is 1. The number of hydrogen-bond donors (Lipinski definition) is 2. The molecule has 1 unspecified atom stereocenters. The van der Waals surface area contributed by atoms with Gasteiger partial charge in [0.05, 0.1) is 0 Å². The number of thioether (sulfide) groups is 1. The van der Waals surface area contributed by atoms with Crippen LogP contribution >= 0.6 is 11.8 Å². The summed E-state index contributed by atoms with van der Waals surface area (Å²) in [6, 6.07) is 2.77. The van der Waals surface area contributed by atoms with E-state index in [0.29, 0.717) is 5.09 Å². The molecule has 2 rings (SSSR count). The van der Waals surface area contributed by atoms with Crippen molar-refractivity contribution < 1.29 is 23.9 Å². The number of nitrogens with one attached hydrogen (secondary N) is 1. The SMILES string of the molecule is O=C1CC(Sc2ccc(C(=O)O)o2)C(=O)N1. The van der Waals surface area contributed by atoms with Crippen LogP contribution in [0.25, 0.3) is 0 Å². The van der Waals surface area contributed by atoms with Crippen molar-refractivity contribution in [1.29, 1.82) is 0 Å². The number of carbonyl (C=O) groups excluding carboxylic acids is 2. The van der Waals surface area contributed by atoms with Crippen molar-refractivity contribution in [2.24, 2.45) is 0 Å². The van der Waals surface area contributed by atoms with Crippen molar-refractivity contribution in [3.05, 3.63) is 17.9 Å². The van der Waals surface area contributed by atoms with Crippen LogP contribution in [0.2, 0.25) is 0 Å². The van der Waals surface area contributed by atoms with Gasteiger partial charge in [-0.05, 0) is 12.1 Å². The Labute approximate surface area is 94.0 Å². The van der Waals surface area contributed by atoms with E-state index in [1.54, 1.807) is 0 Å². The summed E-state index contributed by atoms with van der Waals surface area (Å²) in [5.41, 5.74) is 0. The maximum Gasteiger partial charge on any atom is 0.371 e. The molecule has 0 aliphatic carbocycles. The molecule has 0 spiro atoms. The zero-order valence-corrected chi connectivity index (χ0v) is 8.74. The Morgan fingerprint density at radius 3 is 2.75 bits per heavy atom. The highest BCUT2D eigenvalue weighted by molar-refractivity contribution is 8.00. The molecule has 16 heavy (non-hydrogen) atoms. The van der Waals surface area contributed by atoms with Gasteiger partial charge in [-0.2, -0.15) is 0 Å². The minimum Gasteiger partial charge on any atom is -0.475 e. The Morgan fingerprint density at radius 1 is 1.50 bits per heavy atom. The van der Waals surface area contributed by atoms with Crippen LogP contribution in [-0.4, -0.2) is 28.1 Å². The monoisotopic (exact) mass is 241 g/mol. The molecule has 7 heteroatoms. The zero-order chi connectivity index (χ0) is 11.7. The Bertz CT molecular complexity index is 466. The number of hydrogen-bond acceptors (Lipinski definition) is 5. The van der Waals surface area contributed by atoms with Gasteiger partial charge >= 0.3 is 5.97 Å². The van der Waals surface area contributed by atoms with E-state index in [1.807, 2.05) is 0 Å². The first-order valence-electron chi connectivity index (χ1n) is 4.40. The van der Waals surface area contributed by atoms with Gasteiger partial charge in [-0.25, -0.2) is 4.79 Å². The molecule has 1 aliphatic rings. The Balaban J connectivity index is 2.06. The molecule has 2 heterocycles. The van der Waals surface area contributed by atoms with Crippen LogP contribution in [0.1, 0.15) is 17.0 Å². The summed E-state index contributed by atoms with van der Waals surface area (Å²) >= 11 is 1.04. The first-order valence-corrected chi connectivity index (χ1v) is 5.27. The average Bonchev–Trinajstić information content (AvgIpc) is 2.75. The van der Waals surface area contributed by atoms with E-state index in [1.165, 1.54) is 12.1 Å². The van der Waals surface area contributed by atoms with Crippen molar-refractivity contribution in [3.8, 4) is 0 Å². The van der Waals surface area contributed by atoms with Crippen molar-refractivity contribution >= 4 is 29.5 Å². The molecule has 1 aromatic rings. The molecule has 0 bridgehead atoms. The average molecular weight is 241 g/mol. The predicted octanol–water partition coefficient (Wildman–Crippen LogP) is 0.485. The van der Waals surface area contributed by atoms with E-state index < -0.39 is 11.2 Å². The standard InChI is InChI=1S/C9H7NO5S/c11-6-3-5(8(12)10-6)16-7-2-1-4(15-7)9(13)14/h1-2,5H,3H2,(H,13,14)(H,10,11,12). The van der Waals surface area contributed by atoms with E-state index in [0.717, 1.165) is 11.8 Å².